The highest BCUT2D eigenvalue weighted by atomic mass is 16.5. The van der Waals surface area contributed by atoms with Gasteiger partial charge in [-0.3, -0.25) is 14.4 Å². The predicted octanol–water partition coefficient (Wildman–Crippen LogP) is 3.60. The van der Waals surface area contributed by atoms with Crippen molar-refractivity contribution in [3.05, 3.63) is 59.5 Å². The van der Waals surface area contributed by atoms with Crippen molar-refractivity contribution in [1.82, 2.24) is 10.6 Å². The minimum Gasteiger partial charge on any atom is -0.469 e. The molecule has 2 aromatic rings. The highest BCUT2D eigenvalue weighted by molar-refractivity contribution is 5.99. The van der Waals surface area contributed by atoms with Crippen molar-refractivity contribution in [3.8, 4) is 0 Å². The van der Waals surface area contributed by atoms with Crippen LogP contribution in [0.25, 0.3) is 0 Å². The topological polar surface area (TPSA) is 97.6 Å². The van der Waals surface area contributed by atoms with E-state index in [-0.39, 0.29) is 35.7 Å². The van der Waals surface area contributed by atoms with Gasteiger partial charge >= 0.3 is 0 Å². The summed E-state index contributed by atoms with van der Waals surface area (Å²) in [5, 5.41) is 5.71. The summed E-state index contributed by atoms with van der Waals surface area (Å²) < 4.78 is 10.7. The Morgan fingerprint density at radius 1 is 1.18 bits per heavy atom. The number of carbonyl (C=O) groups excluding carboxylic acids is 3. The number of ketones is 1. The quantitative estimate of drug-likeness (QED) is 0.572. The molecule has 0 radical (unpaired) electrons. The first-order chi connectivity index (χ1) is 15.7. The molecular weight excluding hydrogens is 420 g/mol. The normalized spacial score (nSPS) is 19.3. The van der Waals surface area contributed by atoms with Gasteiger partial charge in [0.15, 0.2) is 5.78 Å². The van der Waals surface area contributed by atoms with Crippen LogP contribution in [-0.4, -0.2) is 42.4 Å². The number of Topliss-reactive ketones (excluding diaryl/α,β-unsaturated/α-hetero) is 1. The average molecular weight is 455 g/mol. The van der Waals surface area contributed by atoms with E-state index < -0.39 is 12.1 Å². The van der Waals surface area contributed by atoms with Gasteiger partial charge in [0.1, 0.15) is 24.5 Å². The first-order valence-electron chi connectivity index (χ1n) is 11.5. The van der Waals surface area contributed by atoms with Crippen molar-refractivity contribution in [2.24, 2.45) is 5.41 Å². The summed E-state index contributed by atoms with van der Waals surface area (Å²) in [6.07, 6.45) is 3.84. The van der Waals surface area contributed by atoms with Gasteiger partial charge in [0.05, 0.1) is 17.9 Å². The fourth-order valence-corrected chi connectivity index (χ4v) is 4.21. The van der Waals surface area contributed by atoms with Crippen LogP contribution >= 0.6 is 0 Å². The molecule has 1 aromatic carbocycles. The third kappa shape index (κ3) is 6.54. The van der Waals surface area contributed by atoms with E-state index in [1.165, 1.54) is 11.8 Å². The van der Waals surface area contributed by atoms with E-state index in [1.807, 2.05) is 25.1 Å². The Morgan fingerprint density at radius 2 is 1.91 bits per heavy atom. The van der Waals surface area contributed by atoms with Crippen LogP contribution in [0.15, 0.2) is 47.1 Å². The monoisotopic (exact) mass is 454 g/mol. The zero-order valence-corrected chi connectivity index (χ0v) is 19.9. The largest absolute Gasteiger partial charge is 0.469 e. The van der Waals surface area contributed by atoms with Crippen molar-refractivity contribution >= 4 is 17.6 Å². The molecule has 1 saturated heterocycles. The second-order valence-electron chi connectivity index (χ2n) is 9.48. The maximum atomic E-state index is 13.3. The zero-order valence-electron chi connectivity index (χ0n) is 19.9. The second-order valence-corrected chi connectivity index (χ2v) is 9.48. The van der Waals surface area contributed by atoms with E-state index in [2.05, 4.69) is 36.6 Å². The molecule has 7 heteroatoms. The number of aryl methyl sites for hydroxylation is 2. The predicted molar refractivity (Wildman–Crippen MR) is 125 cm³/mol. The molecule has 0 spiro atoms. The maximum Gasteiger partial charge on any atom is 0.255 e. The van der Waals surface area contributed by atoms with Crippen LogP contribution in [0.1, 0.15) is 61.7 Å². The van der Waals surface area contributed by atoms with Crippen LogP contribution in [-0.2, 0) is 20.7 Å². The molecule has 2 N–H and O–H groups in total. The Kier molecular flexibility index (Phi) is 8.08. The van der Waals surface area contributed by atoms with Crippen LogP contribution in [0.2, 0.25) is 0 Å². The average Bonchev–Trinajstić information content (AvgIpc) is 3.37. The molecule has 33 heavy (non-hydrogen) atoms. The number of amides is 2. The van der Waals surface area contributed by atoms with E-state index in [0.29, 0.717) is 24.2 Å². The number of furan rings is 1. The Balaban J connectivity index is 1.73. The minimum absolute atomic E-state index is 0.00272. The molecule has 2 amide bonds. The van der Waals surface area contributed by atoms with Crippen molar-refractivity contribution in [2.75, 3.05) is 6.61 Å². The minimum atomic E-state index is -0.802. The second kappa shape index (κ2) is 10.8. The van der Waals surface area contributed by atoms with Gasteiger partial charge in [-0.15, -0.1) is 0 Å². The lowest BCUT2D eigenvalue weighted by Gasteiger charge is -2.31. The molecule has 178 valence electrons. The molecule has 0 saturated carbocycles. The Labute approximate surface area is 195 Å². The number of rotatable bonds is 10. The van der Waals surface area contributed by atoms with Crippen LogP contribution in [0.5, 0.6) is 0 Å². The lowest BCUT2D eigenvalue weighted by atomic mass is 9.80. The Morgan fingerprint density at radius 3 is 2.55 bits per heavy atom. The summed E-state index contributed by atoms with van der Waals surface area (Å²) in [4.78, 5) is 38.4. The summed E-state index contributed by atoms with van der Waals surface area (Å²) in [6.45, 7) is 7.79. The number of hydrogen-bond acceptors (Lipinski definition) is 5. The van der Waals surface area contributed by atoms with Gasteiger partial charge in [0.2, 0.25) is 5.91 Å². The summed E-state index contributed by atoms with van der Waals surface area (Å²) in [5.74, 6) is -0.407. The van der Waals surface area contributed by atoms with Gasteiger partial charge in [0, 0.05) is 0 Å². The Hall–Kier alpha value is -2.93. The van der Waals surface area contributed by atoms with Crippen molar-refractivity contribution in [2.45, 2.75) is 71.6 Å². The number of nitrogens with one attached hydrogen (secondary N) is 2. The molecule has 1 aliphatic heterocycles. The molecule has 1 aromatic heterocycles. The SMILES string of the molecule is CCC1OCC(=O)C1NC(=O)C(CC(C)(C)CCc1ccccc1)NC(=O)c1ccoc1C. The van der Waals surface area contributed by atoms with E-state index in [0.717, 1.165) is 12.8 Å². The van der Waals surface area contributed by atoms with Crippen LogP contribution in [0, 0.1) is 12.3 Å². The molecule has 3 rings (SSSR count). The first-order valence-corrected chi connectivity index (χ1v) is 11.5. The summed E-state index contributed by atoms with van der Waals surface area (Å²) in [5.41, 5.74) is 1.38. The lowest BCUT2D eigenvalue weighted by molar-refractivity contribution is -0.128. The van der Waals surface area contributed by atoms with E-state index in [4.69, 9.17) is 9.15 Å². The molecule has 3 atom stereocenters. The summed E-state index contributed by atoms with van der Waals surface area (Å²) in [7, 11) is 0. The van der Waals surface area contributed by atoms with Crippen molar-refractivity contribution < 1.29 is 23.5 Å². The highest BCUT2D eigenvalue weighted by Crippen LogP contribution is 2.29. The zero-order chi connectivity index (χ0) is 24.0. The molecular formula is C26H34N2O5. The molecule has 1 aliphatic rings. The van der Waals surface area contributed by atoms with Gasteiger partial charge in [0.25, 0.3) is 5.91 Å². The molecule has 2 heterocycles. The van der Waals surface area contributed by atoms with Crippen molar-refractivity contribution in [1.29, 1.82) is 0 Å². The third-order valence-corrected chi connectivity index (χ3v) is 6.27. The Bertz CT molecular complexity index is 966. The smallest absolute Gasteiger partial charge is 0.255 e. The standard InChI is InChI=1S/C26H34N2O5/c1-5-22-23(21(29)16-33-22)28-25(31)20(27-24(30)19-12-14-32-17(19)2)15-26(3,4)13-11-18-9-7-6-8-10-18/h6-10,12,14,20,22-23H,5,11,13,15-16H2,1-4H3,(H,27,30)(H,28,31). The van der Waals surface area contributed by atoms with E-state index in [9.17, 15) is 14.4 Å². The molecule has 3 unspecified atom stereocenters. The maximum absolute atomic E-state index is 13.3. The van der Waals surface area contributed by atoms with Crippen LogP contribution in [0.3, 0.4) is 0 Å². The number of carbonyl (C=O) groups is 3. The lowest BCUT2D eigenvalue weighted by Crippen LogP contribution is -2.54. The molecule has 7 nitrogen and oxygen atoms in total. The van der Waals surface area contributed by atoms with Gasteiger partial charge < -0.3 is 19.8 Å². The van der Waals surface area contributed by atoms with Gasteiger partial charge in [-0.25, -0.2) is 0 Å². The third-order valence-electron chi connectivity index (χ3n) is 6.27. The van der Waals surface area contributed by atoms with Gasteiger partial charge in [-0.05, 0) is 49.7 Å². The van der Waals surface area contributed by atoms with Gasteiger partial charge in [-0.1, -0.05) is 51.1 Å². The van der Waals surface area contributed by atoms with Crippen LogP contribution in [0.4, 0.5) is 0 Å². The van der Waals surface area contributed by atoms with E-state index in [1.54, 1.807) is 13.0 Å². The highest BCUT2D eigenvalue weighted by Gasteiger charge is 2.38. The molecule has 0 aliphatic carbocycles. The molecule has 0 bridgehead atoms. The van der Waals surface area contributed by atoms with Crippen molar-refractivity contribution in [3.63, 3.8) is 0 Å². The molecule has 1 fully saturated rings. The van der Waals surface area contributed by atoms with E-state index >= 15 is 0 Å². The number of ether oxygens (including phenoxy) is 1. The summed E-state index contributed by atoms with van der Waals surface area (Å²) in [6, 6.07) is 10.3. The van der Waals surface area contributed by atoms with Gasteiger partial charge in [-0.2, -0.15) is 0 Å². The number of benzene rings is 1. The number of hydrogen-bond donors (Lipinski definition) is 2. The fraction of sp³-hybridized carbons (Fsp3) is 0.500. The fourth-order valence-electron chi connectivity index (χ4n) is 4.21. The van der Waals surface area contributed by atoms with Crippen LogP contribution < -0.4 is 10.6 Å². The first kappa shape index (κ1) is 24.7. The summed E-state index contributed by atoms with van der Waals surface area (Å²) >= 11 is 0.